The van der Waals surface area contributed by atoms with Crippen LogP contribution in [0, 0.1) is 0 Å². The van der Waals surface area contributed by atoms with Crippen molar-refractivity contribution in [3.05, 3.63) is 88.3 Å². The SMILES string of the molecule is O=c1[nH]n(Cc2ccccc2)c2ccc(NS(=O)(=O)C3=COC=CO3)cc12. The van der Waals surface area contributed by atoms with E-state index in [1.165, 1.54) is 12.3 Å². The van der Waals surface area contributed by atoms with Gasteiger partial charge in [-0.1, -0.05) is 30.3 Å². The Morgan fingerprint density at radius 2 is 1.89 bits per heavy atom. The van der Waals surface area contributed by atoms with Crippen LogP contribution in [0.4, 0.5) is 5.69 Å². The molecular weight excluding hydrogens is 370 g/mol. The molecule has 0 unspecified atom stereocenters. The van der Waals surface area contributed by atoms with Crippen LogP contribution in [0.25, 0.3) is 10.9 Å². The smallest absolute Gasteiger partial charge is 0.298 e. The largest absolute Gasteiger partial charge is 0.465 e. The third-order valence-corrected chi connectivity index (χ3v) is 5.18. The Kier molecular flexibility index (Phi) is 4.21. The molecule has 0 fully saturated rings. The van der Waals surface area contributed by atoms with Gasteiger partial charge in [0.05, 0.1) is 17.4 Å². The number of H-pyrrole nitrogens is 1. The van der Waals surface area contributed by atoms with Crippen molar-refractivity contribution >= 4 is 26.6 Å². The Morgan fingerprint density at radius 1 is 1.07 bits per heavy atom. The monoisotopic (exact) mass is 385 g/mol. The van der Waals surface area contributed by atoms with Crippen LogP contribution in [0.2, 0.25) is 0 Å². The van der Waals surface area contributed by atoms with Crippen molar-refractivity contribution in [2.45, 2.75) is 6.54 Å². The number of aromatic nitrogens is 2. The van der Waals surface area contributed by atoms with Gasteiger partial charge in [0.2, 0.25) is 0 Å². The van der Waals surface area contributed by atoms with E-state index in [1.54, 1.807) is 16.8 Å². The summed E-state index contributed by atoms with van der Waals surface area (Å²) in [6.45, 7) is 0.495. The third-order valence-electron chi connectivity index (χ3n) is 3.95. The fraction of sp³-hybridized carbons (Fsp3) is 0.0556. The lowest BCUT2D eigenvalue weighted by molar-refractivity contribution is 0.277. The number of nitrogens with one attached hydrogen (secondary N) is 2. The van der Waals surface area contributed by atoms with Gasteiger partial charge in [-0.3, -0.25) is 19.3 Å². The zero-order valence-electron chi connectivity index (χ0n) is 14.0. The van der Waals surface area contributed by atoms with Crippen molar-refractivity contribution in [1.29, 1.82) is 0 Å². The van der Waals surface area contributed by atoms with E-state index in [1.807, 2.05) is 30.3 Å². The van der Waals surface area contributed by atoms with E-state index in [9.17, 15) is 13.2 Å². The second kappa shape index (κ2) is 6.69. The molecule has 2 heterocycles. The summed E-state index contributed by atoms with van der Waals surface area (Å²) in [7, 11) is -3.97. The van der Waals surface area contributed by atoms with Gasteiger partial charge in [-0.05, 0) is 23.8 Å². The molecule has 0 amide bonds. The van der Waals surface area contributed by atoms with Crippen molar-refractivity contribution in [2.75, 3.05) is 4.72 Å². The Balaban J connectivity index is 1.64. The molecule has 1 aliphatic heterocycles. The minimum absolute atomic E-state index is 0.240. The quantitative estimate of drug-likeness (QED) is 0.702. The Labute approximate surface area is 154 Å². The number of fused-ring (bicyclic) bond motifs is 1. The zero-order chi connectivity index (χ0) is 18.9. The molecule has 138 valence electrons. The van der Waals surface area contributed by atoms with Crippen LogP contribution in [0.5, 0.6) is 0 Å². The van der Waals surface area contributed by atoms with Crippen LogP contribution in [-0.2, 0) is 26.0 Å². The topological polar surface area (TPSA) is 102 Å². The molecule has 0 saturated heterocycles. The van der Waals surface area contributed by atoms with E-state index in [0.717, 1.165) is 18.1 Å². The number of ether oxygens (including phenoxy) is 2. The maximum atomic E-state index is 12.3. The molecule has 0 saturated carbocycles. The van der Waals surface area contributed by atoms with Crippen molar-refractivity contribution in [3.63, 3.8) is 0 Å². The highest BCUT2D eigenvalue weighted by molar-refractivity contribution is 7.96. The number of sulfonamides is 1. The maximum Gasteiger partial charge on any atom is 0.298 e. The van der Waals surface area contributed by atoms with Crippen molar-refractivity contribution in [2.24, 2.45) is 0 Å². The number of hydrogen-bond acceptors (Lipinski definition) is 5. The predicted octanol–water partition coefficient (Wildman–Crippen LogP) is 2.44. The van der Waals surface area contributed by atoms with Crippen molar-refractivity contribution in [1.82, 2.24) is 9.78 Å². The summed E-state index contributed by atoms with van der Waals surface area (Å²) in [5, 5.41) is 2.77. The molecule has 0 bridgehead atoms. The fourth-order valence-electron chi connectivity index (χ4n) is 2.73. The average molecular weight is 385 g/mol. The van der Waals surface area contributed by atoms with Crippen LogP contribution in [0.3, 0.4) is 0 Å². The highest BCUT2D eigenvalue weighted by Gasteiger charge is 2.22. The van der Waals surface area contributed by atoms with Crippen LogP contribution >= 0.6 is 0 Å². The van der Waals surface area contributed by atoms with Crippen LogP contribution in [0.15, 0.2) is 77.2 Å². The highest BCUT2D eigenvalue weighted by atomic mass is 32.2. The van der Waals surface area contributed by atoms with Gasteiger partial charge < -0.3 is 9.47 Å². The predicted molar refractivity (Wildman–Crippen MR) is 100 cm³/mol. The number of rotatable bonds is 5. The van der Waals surface area contributed by atoms with Gasteiger partial charge in [0, 0.05) is 5.69 Å². The molecular formula is C18H15N3O5S. The molecule has 1 aromatic heterocycles. The molecule has 8 nitrogen and oxygen atoms in total. The molecule has 1 aliphatic rings. The minimum Gasteiger partial charge on any atom is -0.465 e. The first-order valence-corrected chi connectivity index (χ1v) is 9.48. The molecule has 0 spiro atoms. The second-order valence-electron chi connectivity index (χ2n) is 5.81. The zero-order valence-corrected chi connectivity index (χ0v) is 14.8. The lowest BCUT2D eigenvalue weighted by atomic mass is 10.2. The van der Waals surface area contributed by atoms with E-state index in [4.69, 9.17) is 9.47 Å². The number of nitrogens with zero attached hydrogens (tertiary/aromatic N) is 1. The first-order valence-electron chi connectivity index (χ1n) is 7.99. The molecule has 0 radical (unpaired) electrons. The Morgan fingerprint density at radius 3 is 2.63 bits per heavy atom. The Bertz CT molecular complexity index is 1210. The van der Waals surface area contributed by atoms with Gasteiger partial charge in [-0.2, -0.15) is 8.42 Å². The van der Waals surface area contributed by atoms with E-state index in [-0.39, 0.29) is 16.3 Å². The fourth-order valence-corrected chi connectivity index (χ4v) is 3.63. The first kappa shape index (κ1) is 17.0. The number of hydrogen-bond donors (Lipinski definition) is 2. The standard InChI is InChI=1S/C18H15N3O5S/c22-18-15-10-14(20-27(23,24)17-12-25-8-9-26-17)6-7-16(15)21(19-18)11-13-4-2-1-3-5-13/h1-10,12,20H,11H2,(H,19,22). The summed E-state index contributed by atoms with van der Waals surface area (Å²) >= 11 is 0. The highest BCUT2D eigenvalue weighted by Crippen LogP contribution is 2.21. The lowest BCUT2D eigenvalue weighted by Crippen LogP contribution is -2.17. The van der Waals surface area contributed by atoms with Crippen molar-refractivity contribution < 1.29 is 17.9 Å². The van der Waals surface area contributed by atoms with Gasteiger partial charge in [-0.25, -0.2) is 0 Å². The summed E-state index contributed by atoms with van der Waals surface area (Å²) in [5.74, 6) is 0. The summed E-state index contributed by atoms with van der Waals surface area (Å²) in [4.78, 5) is 12.3. The Hall–Kier alpha value is -3.46. The molecule has 27 heavy (non-hydrogen) atoms. The maximum absolute atomic E-state index is 12.3. The lowest BCUT2D eigenvalue weighted by Gasteiger charge is -2.12. The summed E-state index contributed by atoms with van der Waals surface area (Å²) in [6, 6.07) is 14.4. The first-order chi connectivity index (χ1) is 13.0. The van der Waals surface area contributed by atoms with Crippen LogP contribution in [0.1, 0.15) is 5.56 Å². The van der Waals surface area contributed by atoms with Crippen molar-refractivity contribution in [3.8, 4) is 0 Å². The van der Waals surface area contributed by atoms with E-state index < -0.39 is 10.0 Å². The third kappa shape index (κ3) is 3.44. The molecule has 4 rings (SSSR count). The molecule has 2 aromatic carbocycles. The van der Waals surface area contributed by atoms with Crippen LogP contribution < -0.4 is 10.3 Å². The normalized spacial score (nSPS) is 13.7. The van der Waals surface area contributed by atoms with Crippen LogP contribution in [-0.4, -0.2) is 18.2 Å². The summed E-state index contributed by atoms with van der Waals surface area (Å²) in [6.07, 6.45) is 3.30. The number of aromatic amines is 1. The molecule has 2 N–H and O–H groups in total. The molecule has 3 aromatic rings. The van der Waals surface area contributed by atoms with Gasteiger partial charge in [0.1, 0.15) is 18.8 Å². The number of anilines is 1. The van der Waals surface area contributed by atoms with E-state index in [0.29, 0.717) is 17.4 Å². The number of benzene rings is 2. The molecule has 0 atom stereocenters. The summed E-state index contributed by atoms with van der Waals surface area (Å²) in [5.41, 5.74) is 1.64. The summed E-state index contributed by atoms with van der Waals surface area (Å²) < 4.78 is 38.5. The molecule has 0 aliphatic carbocycles. The van der Waals surface area contributed by atoms with Gasteiger partial charge in [0.25, 0.3) is 20.7 Å². The van der Waals surface area contributed by atoms with Gasteiger partial charge in [0.15, 0.2) is 0 Å². The second-order valence-corrected chi connectivity index (χ2v) is 7.43. The van der Waals surface area contributed by atoms with Gasteiger partial charge >= 0.3 is 0 Å². The van der Waals surface area contributed by atoms with E-state index in [2.05, 4.69) is 9.82 Å². The minimum atomic E-state index is -3.97. The molecule has 9 heteroatoms. The average Bonchev–Trinajstić information content (AvgIpc) is 2.98. The van der Waals surface area contributed by atoms with Gasteiger partial charge in [-0.15, -0.1) is 0 Å². The van der Waals surface area contributed by atoms with E-state index >= 15 is 0 Å².